The molecule has 0 spiro atoms. The Morgan fingerprint density at radius 2 is 2.09 bits per heavy atom. The van der Waals surface area contributed by atoms with E-state index < -0.39 is 10.8 Å². The van der Waals surface area contributed by atoms with Gasteiger partial charge in [-0.1, -0.05) is 23.7 Å². The van der Waals surface area contributed by atoms with E-state index in [2.05, 4.69) is 5.32 Å². The van der Waals surface area contributed by atoms with Crippen molar-refractivity contribution in [1.82, 2.24) is 0 Å². The minimum atomic E-state index is -0.584. The highest BCUT2D eigenvalue weighted by molar-refractivity contribution is 6.34. The van der Waals surface area contributed by atoms with Crippen LogP contribution < -0.4 is 10.1 Å². The SMILES string of the molecule is N#Cc1ccccc1OCC(=O)Nc1ccc([N+](=O)[O-])cc1Cl. The lowest BCUT2D eigenvalue weighted by Gasteiger charge is -2.09. The van der Waals surface area contributed by atoms with Crippen LogP contribution in [0.2, 0.25) is 5.02 Å². The molecule has 0 fully saturated rings. The Morgan fingerprint density at radius 3 is 2.74 bits per heavy atom. The molecule has 0 bridgehead atoms. The van der Waals surface area contributed by atoms with Gasteiger partial charge in [0.25, 0.3) is 11.6 Å². The summed E-state index contributed by atoms with van der Waals surface area (Å²) >= 11 is 5.88. The molecule has 0 aliphatic carbocycles. The summed E-state index contributed by atoms with van der Waals surface area (Å²) < 4.78 is 5.28. The Labute approximate surface area is 136 Å². The molecule has 0 aliphatic heterocycles. The summed E-state index contributed by atoms with van der Waals surface area (Å²) in [5.41, 5.74) is 0.375. The third kappa shape index (κ3) is 4.18. The van der Waals surface area contributed by atoms with Gasteiger partial charge in [-0.3, -0.25) is 14.9 Å². The molecule has 0 radical (unpaired) electrons. The highest BCUT2D eigenvalue weighted by Gasteiger charge is 2.12. The van der Waals surface area contributed by atoms with Gasteiger partial charge in [0.15, 0.2) is 6.61 Å². The fourth-order valence-corrected chi connectivity index (χ4v) is 1.96. The molecule has 0 aromatic heterocycles. The first-order valence-corrected chi connectivity index (χ1v) is 6.75. The molecule has 2 aromatic rings. The van der Waals surface area contributed by atoms with Gasteiger partial charge in [-0.2, -0.15) is 5.26 Å². The van der Waals surface area contributed by atoms with Crippen molar-refractivity contribution in [1.29, 1.82) is 5.26 Å². The zero-order valence-electron chi connectivity index (χ0n) is 11.7. The molecule has 0 aliphatic rings. The van der Waals surface area contributed by atoms with Gasteiger partial charge in [0, 0.05) is 12.1 Å². The van der Waals surface area contributed by atoms with Crippen LogP contribution in [0.15, 0.2) is 42.5 Å². The first kappa shape index (κ1) is 16.3. The number of carbonyl (C=O) groups excluding carboxylic acids is 1. The number of amides is 1. The number of hydrogen-bond donors (Lipinski definition) is 1. The van der Waals surface area contributed by atoms with E-state index in [0.29, 0.717) is 11.3 Å². The number of nitriles is 1. The molecule has 0 saturated carbocycles. The number of halogens is 1. The number of nitro groups is 1. The highest BCUT2D eigenvalue weighted by atomic mass is 35.5. The zero-order valence-corrected chi connectivity index (χ0v) is 12.4. The number of non-ortho nitro benzene ring substituents is 1. The van der Waals surface area contributed by atoms with Crippen LogP contribution in [0.1, 0.15) is 5.56 Å². The molecule has 1 N–H and O–H groups in total. The maximum Gasteiger partial charge on any atom is 0.271 e. The normalized spacial score (nSPS) is 9.74. The van der Waals surface area contributed by atoms with Crippen LogP contribution in [0.25, 0.3) is 0 Å². The van der Waals surface area contributed by atoms with Crippen LogP contribution in [0.4, 0.5) is 11.4 Å². The Hall–Kier alpha value is -3.11. The van der Waals surface area contributed by atoms with E-state index in [9.17, 15) is 14.9 Å². The number of ether oxygens (including phenoxy) is 1. The van der Waals surface area contributed by atoms with Crippen molar-refractivity contribution in [3.8, 4) is 11.8 Å². The summed E-state index contributed by atoms with van der Waals surface area (Å²) in [6.07, 6.45) is 0. The average molecular weight is 332 g/mol. The van der Waals surface area contributed by atoms with Gasteiger partial charge in [-0.25, -0.2) is 0 Å². The predicted octanol–water partition coefficient (Wildman–Crippen LogP) is 3.14. The molecule has 0 heterocycles. The molecular formula is C15H10ClN3O4. The van der Waals surface area contributed by atoms with Crippen molar-refractivity contribution >= 4 is 28.9 Å². The van der Waals surface area contributed by atoms with Gasteiger partial charge in [0.1, 0.15) is 11.8 Å². The third-order valence-corrected chi connectivity index (χ3v) is 3.12. The lowest BCUT2D eigenvalue weighted by molar-refractivity contribution is -0.384. The van der Waals surface area contributed by atoms with Crippen molar-refractivity contribution in [2.45, 2.75) is 0 Å². The van der Waals surface area contributed by atoms with E-state index in [4.69, 9.17) is 21.6 Å². The van der Waals surface area contributed by atoms with Crippen LogP contribution >= 0.6 is 11.6 Å². The number of rotatable bonds is 5. The number of para-hydroxylation sites is 1. The monoisotopic (exact) mass is 331 g/mol. The molecule has 23 heavy (non-hydrogen) atoms. The van der Waals surface area contributed by atoms with Crippen molar-refractivity contribution < 1.29 is 14.5 Å². The first-order chi connectivity index (χ1) is 11.0. The summed E-state index contributed by atoms with van der Waals surface area (Å²) in [6, 6.07) is 12.2. The fourth-order valence-electron chi connectivity index (χ4n) is 1.73. The Bertz CT molecular complexity index is 802. The predicted molar refractivity (Wildman–Crippen MR) is 83.4 cm³/mol. The van der Waals surface area contributed by atoms with Gasteiger partial charge in [-0.05, 0) is 18.2 Å². The maximum absolute atomic E-state index is 11.8. The number of nitro benzene ring substituents is 1. The van der Waals surface area contributed by atoms with Crippen molar-refractivity contribution in [2.75, 3.05) is 11.9 Å². The lowest BCUT2D eigenvalue weighted by atomic mass is 10.2. The number of hydrogen-bond acceptors (Lipinski definition) is 5. The minimum Gasteiger partial charge on any atom is -0.482 e. The number of carbonyl (C=O) groups is 1. The second-order valence-corrected chi connectivity index (χ2v) is 4.77. The zero-order chi connectivity index (χ0) is 16.8. The molecule has 7 nitrogen and oxygen atoms in total. The molecule has 116 valence electrons. The summed E-state index contributed by atoms with van der Waals surface area (Å²) in [4.78, 5) is 21.9. The summed E-state index contributed by atoms with van der Waals surface area (Å²) in [5.74, 6) is -0.214. The number of benzene rings is 2. The van der Waals surface area contributed by atoms with Gasteiger partial charge >= 0.3 is 0 Å². The summed E-state index contributed by atoms with van der Waals surface area (Å²) in [5, 5.41) is 22.1. The smallest absolute Gasteiger partial charge is 0.271 e. The molecule has 0 saturated heterocycles. The molecule has 8 heteroatoms. The molecule has 1 amide bonds. The van der Waals surface area contributed by atoms with Crippen LogP contribution in [-0.4, -0.2) is 17.4 Å². The van der Waals surface area contributed by atoms with Crippen molar-refractivity contribution in [3.05, 3.63) is 63.2 Å². The molecule has 2 aromatic carbocycles. The van der Waals surface area contributed by atoms with Crippen molar-refractivity contribution in [2.24, 2.45) is 0 Å². The summed E-state index contributed by atoms with van der Waals surface area (Å²) in [6.45, 7) is -0.327. The van der Waals surface area contributed by atoms with E-state index in [1.54, 1.807) is 24.3 Å². The number of nitrogens with one attached hydrogen (secondary N) is 1. The molecule has 0 unspecified atom stereocenters. The lowest BCUT2D eigenvalue weighted by Crippen LogP contribution is -2.20. The molecule has 2 rings (SSSR count). The number of nitrogens with zero attached hydrogens (tertiary/aromatic N) is 2. The quantitative estimate of drug-likeness (QED) is 0.669. The number of anilines is 1. The minimum absolute atomic E-state index is 0.0463. The average Bonchev–Trinajstić information content (AvgIpc) is 2.54. The topological polar surface area (TPSA) is 105 Å². The van der Waals surface area contributed by atoms with E-state index >= 15 is 0 Å². The third-order valence-electron chi connectivity index (χ3n) is 2.80. The molecular weight excluding hydrogens is 322 g/mol. The van der Waals surface area contributed by atoms with E-state index in [-0.39, 0.29) is 23.0 Å². The maximum atomic E-state index is 11.8. The van der Waals surface area contributed by atoms with Crippen LogP contribution in [0.5, 0.6) is 5.75 Å². The Kier molecular flexibility index (Phi) is 5.12. The van der Waals surface area contributed by atoms with Crippen LogP contribution in [0, 0.1) is 21.4 Å². The second-order valence-electron chi connectivity index (χ2n) is 4.37. The van der Waals surface area contributed by atoms with E-state index in [0.717, 1.165) is 6.07 Å². The standard InChI is InChI=1S/C15H10ClN3O4/c16-12-7-11(19(21)22)5-6-13(12)18-15(20)9-23-14-4-2-1-3-10(14)8-17/h1-7H,9H2,(H,18,20). The van der Waals surface area contributed by atoms with E-state index in [1.807, 2.05) is 6.07 Å². The Morgan fingerprint density at radius 1 is 1.35 bits per heavy atom. The van der Waals surface area contributed by atoms with Crippen LogP contribution in [0.3, 0.4) is 0 Å². The van der Waals surface area contributed by atoms with Gasteiger partial charge in [-0.15, -0.1) is 0 Å². The van der Waals surface area contributed by atoms with Crippen molar-refractivity contribution in [3.63, 3.8) is 0 Å². The van der Waals surface area contributed by atoms with Gasteiger partial charge < -0.3 is 10.1 Å². The Balaban J connectivity index is 2.00. The summed E-state index contributed by atoms with van der Waals surface area (Å²) in [7, 11) is 0. The van der Waals surface area contributed by atoms with E-state index in [1.165, 1.54) is 12.1 Å². The fraction of sp³-hybridized carbons (Fsp3) is 0.0667. The molecule has 0 atom stereocenters. The van der Waals surface area contributed by atoms with Crippen LogP contribution in [-0.2, 0) is 4.79 Å². The second kappa shape index (κ2) is 7.24. The highest BCUT2D eigenvalue weighted by Crippen LogP contribution is 2.26. The largest absolute Gasteiger partial charge is 0.482 e. The van der Waals surface area contributed by atoms with Gasteiger partial charge in [0.05, 0.1) is 21.2 Å². The first-order valence-electron chi connectivity index (χ1n) is 6.37. The van der Waals surface area contributed by atoms with Gasteiger partial charge in [0.2, 0.25) is 0 Å².